The first kappa shape index (κ1) is 4.43. The van der Waals surface area contributed by atoms with Gasteiger partial charge in [-0.1, -0.05) is 6.58 Å². The fourth-order valence-corrected chi connectivity index (χ4v) is 0.485. The second-order valence-corrected chi connectivity index (χ2v) is 1.51. The van der Waals surface area contributed by atoms with Gasteiger partial charge in [0.25, 0.3) is 0 Å². The first-order valence-corrected chi connectivity index (χ1v) is 2.29. The first-order chi connectivity index (χ1) is 3.39. The Morgan fingerprint density at radius 2 is 2.86 bits per heavy atom. The molecule has 36 valence electrons. The van der Waals surface area contributed by atoms with Crippen molar-refractivity contribution < 1.29 is 0 Å². The quantitative estimate of drug-likeness (QED) is 0.401. The number of nitrogens with one attached hydrogen (secondary N) is 1. The Labute approximate surface area is 43.6 Å². The second-order valence-electron chi connectivity index (χ2n) is 1.51. The maximum absolute atomic E-state index is 3.97. The van der Waals surface area contributed by atoms with Gasteiger partial charge in [-0.2, -0.15) is 0 Å². The standard InChI is InChI=1S/C4H7BN2/c1-4-5-7-3-2-6-4/h3,5-6H,1-2H2. The molecule has 0 aliphatic carbocycles. The van der Waals surface area contributed by atoms with Gasteiger partial charge in [-0.05, 0) is 5.60 Å². The van der Waals surface area contributed by atoms with E-state index in [4.69, 9.17) is 0 Å². The van der Waals surface area contributed by atoms with Crippen molar-refractivity contribution in [1.82, 2.24) is 5.32 Å². The van der Waals surface area contributed by atoms with Gasteiger partial charge >= 0.3 is 7.41 Å². The van der Waals surface area contributed by atoms with Crippen LogP contribution in [0.4, 0.5) is 0 Å². The maximum Gasteiger partial charge on any atom is 0.310 e. The summed E-state index contributed by atoms with van der Waals surface area (Å²) in [6.45, 7) is 4.54. The van der Waals surface area contributed by atoms with Gasteiger partial charge in [0.05, 0.1) is 0 Å². The highest BCUT2D eigenvalue weighted by Crippen LogP contribution is 1.83. The van der Waals surface area contributed by atoms with Crippen LogP contribution in [0, 0.1) is 0 Å². The molecule has 0 aromatic rings. The van der Waals surface area contributed by atoms with Crippen LogP contribution >= 0.6 is 0 Å². The number of nitrogens with zero attached hydrogens (tertiary/aromatic N) is 1. The lowest BCUT2D eigenvalue weighted by molar-refractivity contribution is 0.994. The van der Waals surface area contributed by atoms with Crippen molar-refractivity contribution >= 4 is 13.6 Å². The van der Waals surface area contributed by atoms with Crippen molar-refractivity contribution in [3.05, 3.63) is 12.2 Å². The number of hydrogen-bond acceptors (Lipinski definition) is 2. The third kappa shape index (κ3) is 1.07. The molecule has 0 spiro atoms. The highest BCUT2D eigenvalue weighted by atomic mass is 14.9. The van der Waals surface area contributed by atoms with Crippen LogP contribution in [0.5, 0.6) is 0 Å². The molecule has 3 heteroatoms. The Bertz CT molecular complexity index is 108. The molecule has 7 heavy (non-hydrogen) atoms. The zero-order valence-corrected chi connectivity index (χ0v) is 4.15. The zero-order chi connectivity index (χ0) is 5.11. The van der Waals surface area contributed by atoms with Gasteiger partial charge in [0.2, 0.25) is 0 Å². The summed E-state index contributed by atoms with van der Waals surface area (Å²) in [7, 11) is 0.750. The van der Waals surface area contributed by atoms with Gasteiger partial charge in [-0.3, -0.25) is 0 Å². The summed E-state index contributed by atoms with van der Waals surface area (Å²) in [6, 6.07) is 0. The molecule has 0 unspecified atom stereocenters. The van der Waals surface area contributed by atoms with Crippen LogP contribution in [-0.4, -0.2) is 20.2 Å². The first-order valence-electron chi connectivity index (χ1n) is 2.29. The predicted octanol–water partition coefficient (Wildman–Crippen LogP) is -0.517. The monoisotopic (exact) mass is 94.1 g/mol. The summed E-state index contributed by atoms with van der Waals surface area (Å²) in [5.74, 6) is 0. The zero-order valence-electron chi connectivity index (χ0n) is 4.15. The third-order valence-corrected chi connectivity index (χ3v) is 0.855. The van der Waals surface area contributed by atoms with Gasteiger partial charge < -0.3 is 10.2 Å². The second kappa shape index (κ2) is 1.82. The minimum absolute atomic E-state index is 0.750. The Balaban J connectivity index is 2.47. The summed E-state index contributed by atoms with van der Waals surface area (Å²) in [5.41, 5.74) is 1.02. The normalized spacial score (nSPS) is 18.0. The van der Waals surface area contributed by atoms with E-state index in [2.05, 4.69) is 16.8 Å². The lowest BCUT2D eigenvalue weighted by Gasteiger charge is -2.06. The van der Waals surface area contributed by atoms with Crippen molar-refractivity contribution in [2.24, 2.45) is 4.90 Å². The molecular formula is C4H7BN2. The SMILES string of the molecule is C=C1BN=CCN1. The molecule has 0 saturated heterocycles. The van der Waals surface area contributed by atoms with Crippen molar-refractivity contribution in [1.29, 1.82) is 0 Å². The van der Waals surface area contributed by atoms with E-state index in [1.807, 2.05) is 6.21 Å². The van der Waals surface area contributed by atoms with Crippen molar-refractivity contribution in [2.75, 3.05) is 6.54 Å². The van der Waals surface area contributed by atoms with Gasteiger partial charge in [0.15, 0.2) is 0 Å². The Kier molecular flexibility index (Phi) is 1.15. The Morgan fingerprint density at radius 3 is 3.14 bits per heavy atom. The van der Waals surface area contributed by atoms with Crippen LogP contribution in [-0.2, 0) is 0 Å². The fraction of sp³-hybridized carbons (Fsp3) is 0.250. The average molecular weight is 93.9 g/mol. The third-order valence-electron chi connectivity index (χ3n) is 0.855. The van der Waals surface area contributed by atoms with E-state index in [9.17, 15) is 0 Å². The van der Waals surface area contributed by atoms with E-state index < -0.39 is 0 Å². The topological polar surface area (TPSA) is 24.4 Å². The molecule has 1 aliphatic heterocycles. The largest absolute Gasteiger partial charge is 0.390 e. The van der Waals surface area contributed by atoms with E-state index in [0.717, 1.165) is 19.6 Å². The molecule has 0 atom stereocenters. The molecule has 0 saturated carbocycles. The van der Waals surface area contributed by atoms with Crippen LogP contribution in [0.25, 0.3) is 0 Å². The van der Waals surface area contributed by atoms with Crippen LogP contribution in [0.1, 0.15) is 0 Å². The molecule has 1 N–H and O–H groups in total. The predicted molar refractivity (Wildman–Crippen MR) is 32.8 cm³/mol. The molecule has 1 rings (SSSR count). The summed E-state index contributed by atoms with van der Waals surface area (Å²) < 4.78 is 0. The maximum atomic E-state index is 3.97. The smallest absolute Gasteiger partial charge is 0.310 e. The minimum atomic E-state index is 0.750. The molecule has 1 heterocycles. The minimum Gasteiger partial charge on any atom is -0.390 e. The summed E-state index contributed by atoms with van der Waals surface area (Å²) in [6.07, 6.45) is 1.86. The molecule has 0 bridgehead atoms. The van der Waals surface area contributed by atoms with Crippen molar-refractivity contribution in [3.8, 4) is 0 Å². The van der Waals surface area contributed by atoms with E-state index in [1.54, 1.807) is 0 Å². The molecule has 0 radical (unpaired) electrons. The summed E-state index contributed by atoms with van der Waals surface area (Å²) in [5, 5.41) is 3.04. The van der Waals surface area contributed by atoms with E-state index >= 15 is 0 Å². The van der Waals surface area contributed by atoms with Crippen LogP contribution < -0.4 is 5.32 Å². The molecule has 0 aromatic heterocycles. The van der Waals surface area contributed by atoms with E-state index in [0.29, 0.717) is 0 Å². The molecule has 2 nitrogen and oxygen atoms in total. The summed E-state index contributed by atoms with van der Waals surface area (Å²) >= 11 is 0. The highest BCUT2D eigenvalue weighted by molar-refractivity contribution is 6.44. The van der Waals surface area contributed by atoms with E-state index in [-0.39, 0.29) is 0 Å². The molecule has 0 amide bonds. The fourth-order valence-electron chi connectivity index (χ4n) is 0.485. The van der Waals surface area contributed by atoms with Crippen LogP contribution in [0.15, 0.2) is 17.1 Å². The van der Waals surface area contributed by atoms with Gasteiger partial charge in [0, 0.05) is 12.8 Å². The Morgan fingerprint density at radius 1 is 2.00 bits per heavy atom. The van der Waals surface area contributed by atoms with Crippen LogP contribution in [0.2, 0.25) is 0 Å². The van der Waals surface area contributed by atoms with E-state index in [1.165, 1.54) is 0 Å². The average Bonchev–Trinajstić information content (AvgIpc) is 1.69. The van der Waals surface area contributed by atoms with Gasteiger partial charge in [-0.25, -0.2) is 0 Å². The van der Waals surface area contributed by atoms with Gasteiger partial charge in [-0.15, -0.1) is 0 Å². The lowest BCUT2D eigenvalue weighted by Crippen LogP contribution is -2.23. The summed E-state index contributed by atoms with van der Waals surface area (Å²) in [4.78, 5) is 3.97. The van der Waals surface area contributed by atoms with Crippen LogP contribution in [0.3, 0.4) is 0 Å². The molecule has 0 aromatic carbocycles. The number of hydrogen-bond donors (Lipinski definition) is 1. The molecule has 1 aliphatic rings. The molecule has 0 fully saturated rings. The van der Waals surface area contributed by atoms with Crippen molar-refractivity contribution in [3.63, 3.8) is 0 Å². The molecular weight excluding hydrogens is 86.9 g/mol. The Hall–Kier alpha value is -0.725. The highest BCUT2D eigenvalue weighted by Gasteiger charge is 1.95. The van der Waals surface area contributed by atoms with Crippen molar-refractivity contribution in [2.45, 2.75) is 0 Å². The lowest BCUT2D eigenvalue weighted by atomic mass is 9.90. The van der Waals surface area contributed by atoms with Gasteiger partial charge in [0.1, 0.15) is 0 Å². The number of rotatable bonds is 0.